The lowest BCUT2D eigenvalue weighted by molar-refractivity contribution is 0.256. The number of aliphatic hydroxyl groups is 1. The Morgan fingerprint density at radius 3 is 2.71 bits per heavy atom. The Labute approximate surface area is 98.3 Å². The van der Waals surface area contributed by atoms with Crippen LogP contribution in [0.1, 0.15) is 24.4 Å². The Bertz CT molecular complexity index is 467. The average Bonchev–Trinajstić information content (AvgIpc) is 2.85. The molecule has 1 N–H and O–H groups in total. The quantitative estimate of drug-likeness (QED) is 0.835. The van der Waals surface area contributed by atoms with Gasteiger partial charge in [-0.25, -0.2) is 0 Å². The Balaban J connectivity index is 1.92. The van der Waals surface area contributed by atoms with Gasteiger partial charge in [0, 0.05) is 6.42 Å². The molecule has 6 nitrogen and oxygen atoms in total. The Morgan fingerprint density at radius 2 is 2.12 bits per heavy atom. The first kappa shape index (κ1) is 11.5. The van der Waals surface area contributed by atoms with E-state index in [1.807, 2.05) is 6.92 Å². The minimum Gasteiger partial charge on any atom is -0.482 e. The smallest absolute Gasteiger partial charge is 0.253 e. The molecule has 0 spiro atoms. The lowest BCUT2D eigenvalue weighted by atomic mass is 10.3. The molecule has 2 rings (SSSR count). The number of aliphatic hydroxyl groups excluding tert-OH is 1. The van der Waals surface area contributed by atoms with Crippen LogP contribution in [0.15, 0.2) is 22.7 Å². The Kier molecular flexibility index (Phi) is 3.66. The van der Waals surface area contributed by atoms with E-state index in [0.717, 1.165) is 0 Å². The minimum atomic E-state index is -0.0796. The van der Waals surface area contributed by atoms with Crippen molar-refractivity contribution in [3.8, 4) is 5.75 Å². The molecule has 6 heteroatoms. The summed E-state index contributed by atoms with van der Waals surface area (Å²) in [4.78, 5) is 3.99. The predicted octanol–water partition coefficient (Wildman–Crippen LogP) is 1.10. The van der Waals surface area contributed by atoms with E-state index in [2.05, 4.69) is 15.2 Å². The molecular formula is C11H13N3O3. The first-order chi connectivity index (χ1) is 8.31. The fourth-order valence-corrected chi connectivity index (χ4v) is 1.22. The molecule has 0 aliphatic heterocycles. The molecule has 2 heterocycles. The van der Waals surface area contributed by atoms with E-state index < -0.39 is 0 Å². The molecule has 0 bridgehead atoms. The molecule has 0 aromatic carbocycles. The second kappa shape index (κ2) is 5.40. The fourth-order valence-electron chi connectivity index (χ4n) is 1.22. The van der Waals surface area contributed by atoms with Crippen molar-refractivity contribution in [2.24, 2.45) is 0 Å². The zero-order valence-corrected chi connectivity index (χ0v) is 9.46. The zero-order chi connectivity index (χ0) is 12.1. The summed E-state index contributed by atoms with van der Waals surface area (Å²) >= 11 is 0. The monoisotopic (exact) mass is 235 g/mol. The van der Waals surface area contributed by atoms with Gasteiger partial charge in [-0.15, -0.1) is 10.2 Å². The number of pyridine rings is 1. The molecule has 0 saturated heterocycles. The number of aryl methyl sites for hydroxylation is 1. The molecule has 0 radical (unpaired) electrons. The van der Waals surface area contributed by atoms with Crippen molar-refractivity contribution in [1.82, 2.24) is 15.2 Å². The predicted molar refractivity (Wildman–Crippen MR) is 58.2 cm³/mol. The maximum absolute atomic E-state index is 8.83. The molecule has 2 aromatic heterocycles. The normalized spacial score (nSPS) is 10.5. The summed E-state index contributed by atoms with van der Waals surface area (Å²) in [5, 5.41) is 16.5. The molecule has 90 valence electrons. The second-order valence-corrected chi connectivity index (χ2v) is 3.38. The highest BCUT2D eigenvalue weighted by Crippen LogP contribution is 2.11. The van der Waals surface area contributed by atoms with Crippen molar-refractivity contribution in [2.75, 3.05) is 0 Å². The van der Waals surface area contributed by atoms with Crippen molar-refractivity contribution >= 4 is 0 Å². The highest BCUT2D eigenvalue weighted by Gasteiger charge is 2.05. The van der Waals surface area contributed by atoms with Crippen molar-refractivity contribution in [2.45, 2.75) is 26.6 Å². The van der Waals surface area contributed by atoms with Gasteiger partial charge in [-0.3, -0.25) is 4.98 Å². The number of ether oxygens (including phenoxy) is 1. The minimum absolute atomic E-state index is 0.0796. The van der Waals surface area contributed by atoms with Gasteiger partial charge in [-0.1, -0.05) is 6.92 Å². The summed E-state index contributed by atoms with van der Waals surface area (Å²) < 4.78 is 10.7. The molecule has 0 fully saturated rings. The Morgan fingerprint density at radius 1 is 1.29 bits per heavy atom. The summed E-state index contributed by atoms with van der Waals surface area (Å²) in [6, 6.07) is 3.43. The van der Waals surface area contributed by atoms with Gasteiger partial charge >= 0.3 is 0 Å². The van der Waals surface area contributed by atoms with E-state index in [9.17, 15) is 0 Å². The topological polar surface area (TPSA) is 81.3 Å². The van der Waals surface area contributed by atoms with Gasteiger partial charge in [-0.05, 0) is 12.1 Å². The third-order valence-electron chi connectivity index (χ3n) is 2.13. The summed E-state index contributed by atoms with van der Waals surface area (Å²) in [6.45, 7) is 2.08. The fraction of sp³-hybridized carbons (Fsp3) is 0.364. The maximum atomic E-state index is 8.83. The van der Waals surface area contributed by atoms with E-state index in [0.29, 0.717) is 29.6 Å². The zero-order valence-electron chi connectivity index (χ0n) is 9.46. The first-order valence-electron chi connectivity index (χ1n) is 5.31. The third kappa shape index (κ3) is 3.01. The first-order valence-corrected chi connectivity index (χ1v) is 5.31. The second-order valence-electron chi connectivity index (χ2n) is 3.38. The molecule has 0 aliphatic rings. The highest BCUT2D eigenvalue weighted by atomic mass is 16.5. The lowest BCUT2D eigenvalue weighted by Crippen LogP contribution is -1.97. The number of nitrogens with zero attached hydrogens (tertiary/aromatic N) is 3. The third-order valence-corrected chi connectivity index (χ3v) is 2.13. The van der Waals surface area contributed by atoms with Crippen LogP contribution >= 0.6 is 0 Å². The molecule has 2 aromatic rings. The highest BCUT2D eigenvalue weighted by molar-refractivity contribution is 5.19. The van der Waals surface area contributed by atoms with E-state index in [4.69, 9.17) is 14.3 Å². The molecular weight excluding hydrogens is 222 g/mol. The maximum Gasteiger partial charge on any atom is 0.253 e. The molecule has 0 amide bonds. The largest absolute Gasteiger partial charge is 0.482 e. The van der Waals surface area contributed by atoms with Crippen molar-refractivity contribution in [1.29, 1.82) is 0 Å². The van der Waals surface area contributed by atoms with Gasteiger partial charge in [0.1, 0.15) is 5.75 Å². The SMILES string of the molecule is CCc1nnc(COc2ccc(CO)nc2)o1. The van der Waals surface area contributed by atoms with Gasteiger partial charge in [0.05, 0.1) is 18.5 Å². The van der Waals surface area contributed by atoms with Crippen LogP contribution < -0.4 is 4.74 Å². The van der Waals surface area contributed by atoms with Crippen molar-refractivity contribution in [3.63, 3.8) is 0 Å². The molecule has 0 atom stereocenters. The summed E-state index contributed by atoms with van der Waals surface area (Å²) in [7, 11) is 0. The van der Waals surface area contributed by atoms with Crippen LogP contribution in [0, 0.1) is 0 Å². The number of hydrogen-bond acceptors (Lipinski definition) is 6. The van der Waals surface area contributed by atoms with E-state index in [1.165, 1.54) is 0 Å². The summed E-state index contributed by atoms with van der Waals surface area (Å²) in [5.41, 5.74) is 0.600. The number of hydrogen-bond donors (Lipinski definition) is 1. The molecule has 17 heavy (non-hydrogen) atoms. The van der Waals surface area contributed by atoms with Crippen LogP contribution in [-0.2, 0) is 19.6 Å². The van der Waals surface area contributed by atoms with Crippen LogP contribution in [0.5, 0.6) is 5.75 Å². The number of aromatic nitrogens is 3. The standard InChI is InChI=1S/C11H13N3O3/c1-2-10-13-14-11(17-10)7-16-9-4-3-8(6-15)12-5-9/h3-5,15H,2,6-7H2,1H3. The van der Waals surface area contributed by atoms with Crippen LogP contribution in [0.2, 0.25) is 0 Å². The molecule has 0 aliphatic carbocycles. The lowest BCUT2D eigenvalue weighted by Gasteiger charge is -2.02. The van der Waals surface area contributed by atoms with E-state index in [1.54, 1.807) is 18.3 Å². The van der Waals surface area contributed by atoms with Gasteiger partial charge in [0.2, 0.25) is 5.89 Å². The number of rotatable bonds is 5. The molecule has 0 saturated carbocycles. The van der Waals surface area contributed by atoms with Crippen molar-refractivity contribution < 1.29 is 14.3 Å². The van der Waals surface area contributed by atoms with Crippen LogP contribution in [0.3, 0.4) is 0 Å². The summed E-state index contributed by atoms with van der Waals surface area (Å²) in [6.07, 6.45) is 2.25. The molecule has 0 unspecified atom stereocenters. The van der Waals surface area contributed by atoms with Crippen LogP contribution in [-0.4, -0.2) is 20.3 Å². The average molecular weight is 235 g/mol. The van der Waals surface area contributed by atoms with Gasteiger partial charge in [0.15, 0.2) is 6.61 Å². The van der Waals surface area contributed by atoms with E-state index in [-0.39, 0.29) is 13.2 Å². The van der Waals surface area contributed by atoms with Gasteiger partial charge < -0.3 is 14.3 Å². The van der Waals surface area contributed by atoms with Crippen LogP contribution in [0.25, 0.3) is 0 Å². The van der Waals surface area contributed by atoms with Crippen LogP contribution in [0.4, 0.5) is 0 Å². The van der Waals surface area contributed by atoms with Crippen molar-refractivity contribution in [3.05, 3.63) is 35.8 Å². The Hall–Kier alpha value is -1.95. The van der Waals surface area contributed by atoms with E-state index >= 15 is 0 Å². The summed E-state index contributed by atoms with van der Waals surface area (Å²) in [5.74, 6) is 1.63. The van der Waals surface area contributed by atoms with Gasteiger partial charge in [0.25, 0.3) is 5.89 Å². The van der Waals surface area contributed by atoms with Gasteiger partial charge in [-0.2, -0.15) is 0 Å².